The molecule has 1 unspecified atom stereocenters. The predicted molar refractivity (Wildman–Crippen MR) is 60.6 cm³/mol. The molecule has 2 heterocycles. The molecule has 0 radical (unpaired) electrons. The zero-order chi connectivity index (χ0) is 10.8. The Morgan fingerprint density at radius 3 is 2.87 bits per heavy atom. The topological polar surface area (TPSA) is 29.0 Å². The van der Waals surface area contributed by atoms with Gasteiger partial charge >= 0.3 is 0 Å². The van der Waals surface area contributed by atoms with Crippen molar-refractivity contribution in [1.82, 2.24) is 15.1 Å². The van der Waals surface area contributed by atoms with E-state index in [1.165, 1.54) is 25.1 Å². The molecule has 2 rings (SSSR count). The first kappa shape index (κ1) is 10.6. The van der Waals surface area contributed by atoms with Gasteiger partial charge in [-0.3, -0.25) is 4.90 Å². The van der Waals surface area contributed by atoms with Crippen molar-refractivity contribution >= 4 is 0 Å². The van der Waals surface area contributed by atoms with Crippen molar-refractivity contribution in [2.75, 3.05) is 13.1 Å². The van der Waals surface area contributed by atoms with Crippen LogP contribution in [0.15, 0.2) is 6.07 Å². The van der Waals surface area contributed by atoms with Crippen LogP contribution < -0.4 is 0 Å². The van der Waals surface area contributed by atoms with Crippen LogP contribution in [-0.2, 0) is 6.54 Å². The lowest BCUT2D eigenvalue weighted by Gasteiger charge is -2.16. The van der Waals surface area contributed by atoms with Crippen LogP contribution in [0.4, 0.5) is 0 Å². The molecule has 1 aromatic rings. The highest BCUT2D eigenvalue weighted by atomic mass is 15.2. The van der Waals surface area contributed by atoms with E-state index in [9.17, 15) is 0 Å². The van der Waals surface area contributed by atoms with Gasteiger partial charge in [-0.05, 0) is 44.4 Å². The Morgan fingerprint density at radius 1 is 1.40 bits per heavy atom. The van der Waals surface area contributed by atoms with Gasteiger partial charge in [0.25, 0.3) is 0 Å². The fourth-order valence-corrected chi connectivity index (χ4v) is 2.17. The smallest absolute Gasteiger partial charge is 0.0645 e. The number of rotatable bonds is 2. The van der Waals surface area contributed by atoms with Gasteiger partial charge in [0, 0.05) is 13.1 Å². The third kappa shape index (κ3) is 2.53. The lowest BCUT2D eigenvalue weighted by atomic mass is 10.2. The molecule has 82 valence electrons. The van der Waals surface area contributed by atoms with Crippen molar-refractivity contribution in [3.63, 3.8) is 0 Å². The van der Waals surface area contributed by atoms with Crippen LogP contribution in [0.2, 0.25) is 0 Å². The van der Waals surface area contributed by atoms with Gasteiger partial charge in [0.15, 0.2) is 0 Å². The highest BCUT2D eigenvalue weighted by Gasteiger charge is 2.19. The van der Waals surface area contributed by atoms with Crippen LogP contribution in [0.1, 0.15) is 30.3 Å². The molecule has 1 aliphatic heterocycles. The number of likely N-dealkylation sites (tertiary alicyclic amines) is 1. The fourth-order valence-electron chi connectivity index (χ4n) is 2.17. The molecule has 0 bridgehead atoms. The maximum atomic E-state index is 4.16. The highest BCUT2D eigenvalue weighted by molar-refractivity contribution is 5.19. The second-order valence-electron chi connectivity index (χ2n) is 4.73. The van der Waals surface area contributed by atoms with Gasteiger partial charge in [-0.1, -0.05) is 6.92 Å². The standard InChI is InChI=1S/C12H19N3/c1-9-4-5-15(7-9)8-12-6-10(2)13-14-11(12)3/h6,9H,4-5,7-8H2,1-3H3. The maximum absolute atomic E-state index is 4.16. The molecule has 0 spiro atoms. The number of hydrogen-bond acceptors (Lipinski definition) is 3. The van der Waals surface area contributed by atoms with E-state index < -0.39 is 0 Å². The Bertz CT molecular complexity index is 349. The van der Waals surface area contributed by atoms with E-state index >= 15 is 0 Å². The first-order valence-electron chi connectivity index (χ1n) is 5.67. The van der Waals surface area contributed by atoms with Crippen molar-refractivity contribution in [3.05, 3.63) is 23.0 Å². The van der Waals surface area contributed by atoms with E-state index in [1.54, 1.807) is 0 Å². The van der Waals surface area contributed by atoms with E-state index in [1.807, 2.05) is 13.8 Å². The average molecular weight is 205 g/mol. The van der Waals surface area contributed by atoms with Gasteiger partial charge in [-0.25, -0.2) is 0 Å². The summed E-state index contributed by atoms with van der Waals surface area (Å²) < 4.78 is 0. The number of aryl methyl sites for hydroxylation is 2. The number of hydrogen-bond donors (Lipinski definition) is 0. The highest BCUT2D eigenvalue weighted by Crippen LogP contribution is 2.18. The largest absolute Gasteiger partial charge is 0.299 e. The second-order valence-corrected chi connectivity index (χ2v) is 4.73. The SMILES string of the molecule is Cc1cc(CN2CCC(C)C2)c(C)nn1. The van der Waals surface area contributed by atoms with Gasteiger partial charge in [-0.2, -0.15) is 10.2 Å². The molecule has 1 aromatic heterocycles. The zero-order valence-corrected chi connectivity index (χ0v) is 9.82. The minimum absolute atomic E-state index is 0.848. The summed E-state index contributed by atoms with van der Waals surface area (Å²) in [6.45, 7) is 9.85. The van der Waals surface area contributed by atoms with Gasteiger partial charge in [0.05, 0.1) is 11.4 Å². The van der Waals surface area contributed by atoms with Crippen LogP contribution >= 0.6 is 0 Å². The van der Waals surface area contributed by atoms with Gasteiger partial charge < -0.3 is 0 Å². The van der Waals surface area contributed by atoms with Crippen LogP contribution in [0, 0.1) is 19.8 Å². The van der Waals surface area contributed by atoms with Crippen molar-refractivity contribution < 1.29 is 0 Å². The van der Waals surface area contributed by atoms with E-state index in [0.717, 1.165) is 23.9 Å². The summed E-state index contributed by atoms with van der Waals surface area (Å²) in [6, 6.07) is 2.16. The van der Waals surface area contributed by atoms with Crippen molar-refractivity contribution in [3.8, 4) is 0 Å². The zero-order valence-electron chi connectivity index (χ0n) is 9.82. The summed E-state index contributed by atoms with van der Waals surface area (Å²) in [6.07, 6.45) is 1.33. The summed E-state index contributed by atoms with van der Waals surface area (Å²) in [5.41, 5.74) is 3.42. The van der Waals surface area contributed by atoms with Crippen molar-refractivity contribution in [2.24, 2.45) is 5.92 Å². The fraction of sp³-hybridized carbons (Fsp3) is 0.667. The molecular formula is C12H19N3. The first-order chi connectivity index (χ1) is 7.15. The summed E-state index contributed by atoms with van der Waals surface area (Å²) >= 11 is 0. The average Bonchev–Trinajstić information content (AvgIpc) is 2.58. The molecule has 1 saturated heterocycles. The normalized spacial score (nSPS) is 22.2. The van der Waals surface area contributed by atoms with Crippen LogP contribution in [0.25, 0.3) is 0 Å². The van der Waals surface area contributed by atoms with Gasteiger partial charge in [0.2, 0.25) is 0 Å². The van der Waals surface area contributed by atoms with Crippen LogP contribution in [0.5, 0.6) is 0 Å². The molecule has 1 fully saturated rings. The molecule has 0 aromatic carbocycles. The third-order valence-electron chi connectivity index (χ3n) is 3.11. The van der Waals surface area contributed by atoms with E-state index in [4.69, 9.17) is 0 Å². The quantitative estimate of drug-likeness (QED) is 0.739. The lowest BCUT2D eigenvalue weighted by molar-refractivity contribution is 0.319. The lowest BCUT2D eigenvalue weighted by Crippen LogP contribution is -2.20. The van der Waals surface area contributed by atoms with Crippen LogP contribution in [0.3, 0.4) is 0 Å². The van der Waals surface area contributed by atoms with Gasteiger partial charge in [0.1, 0.15) is 0 Å². The first-order valence-corrected chi connectivity index (χ1v) is 5.67. The predicted octanol–water partition coefficient (Wildman–Crippen LogP) is 1.94. The summed E-state index contributed by atoms with van der Waals surface area (Å²) in [5, 5.41) is 8.22. The minimum Gasteiger partial charge on any atom is -0.299 e. The molecule has 1 aliphatic rings. The molecule has 0 amide bonds. The monoisotopic (exact) mass is 205 g/mol. The number of aromatic nitrogens is 2. The van der Waals surface area contributed by atoms with Crippen molar-refractivity contribution in [2.45, 2.75) is 33.7 Å². The van der Waals surface area contributed by atoms with E-state index in [-0.39, 0.29) is 0 Å². The molecule has 0 aliphatic carbocycles. The van der Waals surface area contributed by atoms with Gasteiger partial charge in [-0.15, -0.1) is 0 Å². The summed E-state index contributed by atoms with van der Waals surface area (Å²) in [5.74, 6) is 0.848. The molecule has 3 nitrogen and oxygen atoms in total. The molecule has 0 N–H and O–H groups in total. The Balaban J connectivity index is 2.07. The Kier molecular flexibility index (Phi) is 3.00. The summed E-state index contributed by atoms with van der Waals surface area (Å²) in [7, 11) is 0. The second kappa shape index (κ2) is 4.27. The Hall–Kier alpha value is -0.960. The molecular weight excluding hydrogens is 186 g/mol. The maximum Gasteiger partial charge on any atom is 0.0645 e. The minimum atomic E-state index is 0.848. The van der Waals surface area contributed by atoms with E-state index in [2.05, 4.69) is 28.1 Å². The van der Waals surface area contributed by atoms with E-state index in [0.29, 0.717) is 0 Å². The molecule has 15 heavy (non-hydrogen) atoms. The number of nitrogens with zero attached hydrogens (tertiary/aromatic N) is 3. The third-order valence-corrected chi connectivity index (χ3v) is 3.11. The summed E-state index contributed by atoms with van der Waals surface area (Å²) in [4.78, 5) is 2.51. The molecule has 0 saturated carbocycles. The Labute approximate surface area is 91.5 Å². The van der Waals surface area contributed by atoms with Crippen molar-refractivity contribution in [1.29, 1.82) is 0 Å². The molecule has 3 heteroatoms. The molecule has 1 atom stereocenters. The van der Waals surface area contributed by atoms with Crippen LogP contribution in [-0.4, -0.2) is 28.2 Å². The Morgan fingerprint density at radius 2 is 2.20 bits per heavy atom.